The smallest absolute Gasteiger partial charge is 0.154 e. The molecule has 1 fully saturated rings. The van der Waals surface area contributed by atoms with Crippen LogP contribution >= 0.6 is 0 Å². The number of aromatic nitrogens is 4. The van der Waals surface area contributed by atoms with Crippen molar-refractivity contribution in [3.63, 3.8) is 0 Å². The van der Waals surface area contributed by atoms with Gasteiger partial charge in [-0.25, -0.2) is 4.68 Å². The topological polar surface area (TPSA) is 55.6 Å². The highest BCUT2D eigenvalue weighted by Crippen LogP contribution is 2.24. The molecule has 1 atom stereocenters. The Morgan fingerprint density at radius 1 is 1.47 bits per heavy atom. The second-order valence-corrected chi connectivity index (χ2v) is 4.26. The van der Waals surface area contributed by atoms with Crippen LogP contribution in [0, 0.1) is 0 Å². The fraction of sp³-hybridized carbons (Fsp3) is 0.900. The second-order valence-electron chi connectivity index (χ2n) is 4.26. The van der Waals surface area contributed by atoms with Crippen LogP contribution in [0.15, 0.2) is 0 Å². The number of tetrazole rings is 1. The van der Waals surface area contributed by atoms with E-state index in [1.54, 1.807) is 0 Å². The molecule has 2 rings (SSSR count). The molecule has 1 aliphatic rings. The van der Waals surface area contributed by atoms with Crippen molar-refractivity contribution >= 4 is 0 Å². The third kappa shape index (κ3) is 2.17. The lowest BCUT2D eigenvalue weighted by molar-refractivity contribution is 0.389. The molecule has 1 aromatic heterocycles. The van der Waals surface area contributed by atoms with Gasteiger partial charge >= 0.3 is 0 Å². The van der Waals surface area contributed by atoms with E-state index in [2.05, 4.69) is 34.7 Å². The lowest BCUT2D eigenvalue weighted by atomic mass is 9.97. The number of nitrogens with zero attached hydrogens (tertiary/aromatic N) is 4. The number of rotatable bonds is 3. The summed E-state index contributed by atoms with van der Waals surface area (Å²) in [6.45, 7) is 6.50. The quantitative estimate of drug-likeness (QED) is 0.810. The summed E-state index contributed by atoms with van der Waals surface area (Å²) in [6.07, 6.45) is 3.37. The average molecular weight is 209 g/mol. The van der Waals surface area contributed by atoms with Gasteiger partial charge in [-0.05, 0) is 49.7 Å². The lowest BCUT2D eigenvalue weighted by Crippen LogP contribution is -2.28. The highest BCUT2D eigenvalue weighted by Gasteiger charge is 2.22. The van der Waals surface area contributed by atoms with Crippen LogP contribution in [0.25, 0.3) is 0 Å². The molecule has 0 amide bonds. The van der Waals surface area contributed by atoms with Crippen molar-refractivity contribution in [2.24, 2.45) is 0 Å². The molecule has 0 radical (unpaired) electrons. The molecule has 1 aromatic rings. The third-order valence-electron chi connectivity index (χ3n) is 3.23. The molecule has 1 N–H and O–H groups in total. The lowest BCUT2D eigenvalue weighted by Gasteiger charge is -2.22. The number of hydrogen-bond acceptors (Lipinski definition) is 4. The fourth-order valence-electron chi connectivity index (χ4n) is 2.04. The molecular weight excluding hydrogens is 190 g/mol. The molecule has 0 bridgehead atoms. The average Bonchev–Trinajstić information content (AvgIpc) is 2.78. The first kappa shape index (κ1) is 10.5. The zero-order valence-electron chi connectivity index (χ0n) is 9.48. The summed E-state index contributed by atoms with van der Waals surface area (Å²) < 4.78 is 2.00. The van der Waals surface area contributed by atoms with E-state index in [9.17, 15) is 0 Å². The summed E-state index contributed by atoms with van der Waals surface area (Å²) in [4.78, 5) is 0. The van der Waals surface area contributed by atoms with Gasteiger partial charge in [-0.3, -0.25) is 0 Å². The highest BCUT2D eigenvalue weighted by atomic mass is 15.5. The fourth-order valence-corrected chi connectivity index (χ4v) is 2.04. The first-order valence-corrected chi connectivity index (χ1v) is 5.81. The summed E-state index contributed by atoms with van der Waals surface area (Å²) in [5.74, 6) is 1.61. The molecule has 1 aliphatic heterocycles. The second kappa shape index (κ2) is 4.70. The van der Waals surface area contributed by atoms with Gasteiger partial charge in [-0.2, -0.15) is 0 Å². The summed E-state index contributed by atoms with van der Waals surface area (Å²) in [5, 5.41) is 15.5. The maximum Gasteiger partial charge on any atom is 0.154 e. The van der Waals surface area contributed by atoms with Crippen LogP contribution in [0.1, 0.15) is 50.9 Å². The van der Waals surface area contributed by atoms with Gasteiger partial charge in [0, 0.05) is 5.92 Å². The SMILES string of the molecule is CCC(C)n1nnnc1C1CCNCC1. The number of hydrogen-bond donors (Lipinski definition) is 1. The van der Waals surface area contributed by atoms with Crippen molar-refractivity contribution in [1.29, 1.82) is 0 Å². The van der Waals surface area contributed by atoms with Gasteiger partial charge in [0.15, 0.2) is 5.82 Å². The molecule has 84 valence electrons. The molecule has 5 heteroatoms. The summed E-state index contributed by atoms with van der Waals surface area (Å²) >= 11 is 0. The van der Waals surface area contributed by atoms with E-state index >= 15 is 0 Å². The molecule has 0 spiro atoms. The Bertz CT molecular complexity index is 303. The van der Waals surface area contributed by atoms with E-state index in [1.165, 1.54) is 0 Å². The van der Waals surface area contributed by atoms with Crippen LogP contribution in [0.2, 0.25) is 0 Å². The zero-order valence-corrected chi connectivity index (χ0v) is 9.48. The van der Waals surface area contributed by atoms with E-state index in [-0.39, 0.29) is 0 Å². The van der Waals surface area contributed by atoms with Crippen molar-refractivity contribution in [3.8, 4) is 0 Å². The van der Waals surface area contributed by atoms with Gasteiger partial charge in [-0.15, -0.1) is 5.10 Å². The monoisotopic (exact) mass is 209 g/mol. The third-order valence-corrected chi connectivity index (χ3v) is 3.23. The predicted molar refractivity (Wildman–Crippen MR) is 57.7 cm³/mol. The highest BCUT2D eigenvalue weighted by molar-refractivity contribution is 4.97. The van der Waals surface area contributed by atoms with Crippen LogP contribution in [0.5, 0.6) is 0 Å². The Labute approximate surface area is 90.2 Å². The molecular formula is C10H19N5. The maximum atomic E-state index is 4.18. The van der Waals surface area contributed by atoms with E-state index in [0.29, 0.717) is 12.0 Å². The Morgan fingerprint density at radius 3 is 2.87 bits per heavy atom. The minimum atomic E-state index is 0.407. The van der Waals surface area contributed by atoms with Crippen LogP contribution in [0.3, 0.4) is 0 Å². The molecule has 0 aliphatic carbocycles. The van der Waals surface area contributed by atoms with Gasteiger partial charge < -0.3 is 5.32 Å². The Morgan fingerprint density at radius 2 is 2.20 bits per heavy atom. The van der Waals surface area contributed by atoms with E-state index in [1.807, 2.05) is 4.68 Å². The van der Waals surface area contributed by atoms with Gasteiger partial charge in [0.1, 0.15) is 0 Å². The van der Waals surface area contributed by atoms with Crippen molar-refractivity contribution < 1.29 is 0 Å². The largest absolute Gasteiger partial charge is 0.317 e. The Hall–Kier alpha value is -0.970. The summed E-state index contributed by atoms with van der Waals surface area (Å²) in [7, 11) is 0. The van der Waals surface area contributed by atoms with Crippen LogP contribution in [-0.2, 0) is 0 Å². The molecule has 5 nitrogen and oxygen atoms in total. The van der Waals surface area contributed by atoms with E-state index in [4.69, 9.17) is 0 Å². The predicted octanol–water partition coefficient (Wildman–Crippen LogP) is 1.11. The van der Waals surface area contributed by atoms with Crippen molar-refractivity contribution in [2.75, 3.05) is 13.1 Å². The molecule has 2 heterocycles. The summed E-state index contributed by atoms with van der Waals surface area (Å²) in [6, 6.07) is 0.407. The molecule has 1 unspecified atom stereocenters. The van der Waals surface area contributed by atoms with Gasteiger partial charge in [0.25, 0.3) is 0 Å². The Kier molecular flexibility index (Phi) is 3.30. The van der Waals surface area contributed by atoms with Crippen LogP contribution < -0.4 is 5.32 Å². The van der Waals surface area contributed by atoms with Gasteiger partial charge in [-0.1, -0.05) is 6.92 Å². The van der Waals surface area contributed by atoms with Crippen LogP contribution in [0.4, 0.5) is 0 Å². The molecule has 0 saturated carbocycles. The van der Waals surface area contributed by atoms with Crippen molar-refractivity contribution in [3.05, 3.63) is 5.82 Å². The van der Waals surface area contributed by atoms with Crippen molar-refractivity contribution in [2.45, 2.75) is 45.1 Å². The van der Waals surface area contributed by atoms with E-state index < -0.39 is 0 Å². The normalized spacial score (nSPS) is 20.4. The minimum absolute atomic E-state index is 0.407. The van der Waals surface area contributed by atoms with Crippen molar-refractivity contribution in [1.82, 2.24) is 25.5 Å². The molecule has 1 saturated heterocycles. The zero-order chi connectivity index (χ0) is 10.7. The van der Waals surface area contributed by atoms with Gasteiger partial charge in [0.2, 0.25) is 0 Å². The minimum Gasteiger partial charge on any atom is -0.317 e. The maximum absolute atomic E-state index is 4.18. The van der Waals surface area contributed by atoms with Gasteiger partial charge in [0.05, 0.1) is 6.04 Å². The number of piperidine rings is 1. The number of nitrogens with one attached hydrogen (secondary N) is 1. The van der Waals surface area contributed by atoms with Crippen LogP contribution in [-0.4, -0.2) is 33.3 Å². The molecule has 15 heavy (non-hydrogen) atoms. The molecule has 0 aromatic carbocycles. The first-order chi connectivity index (χ1) is 7.33. The Balaban J connectivity index is 2.15. The van der Waals surface area contributed by atoms with E-state index in [0.717, 1.165) is 38.2 Å². The first-order valence-electron chi connectivity index (χ1n) is 5.81. The standard InChI is InChI=1S/C10H19N5/c1-3-8(2)15-10(12-13-14-15)9-4-6-11-7-5-9/h8-9,11H,3-7H2,1-2H3. The summed E-state index contributed by atoms with van der Waals surface area (Å²) in [5.41, 5.74) is 0.